The van der Waals surface area contributed by atoms with Gasteiger partial charge in [0, 0.05) is 5.56 Å². The first-order valence-electron chi connectivity index (χ1n) is 7.67. The Labute approximate surface area is 142 Å². The zero-order chi connectivity index (χ0) is 16.4. The second-order valence-corrected chi connectivity index (χ2v) is 6.31. The highest BCUT2D eigenvalue weighted by molar-refractivity contribution is 7.18. The number of thiazole rings is 1. The standard InChI is InChI=1S/C17H15N5OS/c1-2-22-20-17(19-21-22)12-7-9-13(10-8-12)23-11-16-18-14-5-3-4-6-15(14)24-16/h3-10H,2,11H2,1H3. The number of tetrazole rings is 1. The lowest BCUT2D eigenvalue weighted by molar-refractivity contribution is 0.306. The summed E-state index contributed by atoms with van der Waals surface area (Å²) in [5.74, 6) is 1.41. The summed E-state index contributed by atoms with van der Waals surface area (Å²) in [6.07, 6.45) is 0. The normalized spacial score (nSPS) is 11.0. The minimum Gasteiger partial charge on any atom is -0.486 e. The molecule has 0 atom stereocenters. The van der Waals surface area contributed by atoms with E-state index >= 15 is 0 Å². The van der Waals surface area contributed by atoms with Crippen molar-refractivity contribution in [2.24, 2.45) is 0 Å². The Kier molecular flexibility index (Phi) is 3.92. The fourth-order valence-electron chi connectivity index (χ4n) is 2.32. The monoisotopic (exact) mass is 337 g/mol. The van der Waals surface area contributed by atoms with E-state index in [9.17, 15) is 0 Å². The molecule has 24 heavy (non-hydrogen) atoms. The summed E-state index contributed by atoms with van der Waals surface area (Å²) in [4.78, 5) is 6.13. The van der Waals surface area contributed by atoms with E-state index in [1.54, 1.807) is 16.1 Å². The fraction of sp³-hybridized carbons (Fsp3) is 0.176. The lowest BCUT2D eigenvalue weighted by Gasteiger charge is -2.04. The first-order chi connectivity index (χ1) is 11.8. The van der Waals surface area contributed by atoms with Crippen molar-refractivity contribution < 1.29 is 4.74 Å². The van der Waals surface area contributed by atoms with Gasteiger partial charge in [-0.2, -0.15) is 4.80 Å². The molecule has 0 unspecified atom stereocenters. The number of nitrogens with zero attached hydrogens (tertiary/aromatic N) is 5. The van der Waals surface area contributed by atoms with Crippen LogP contribution in [0.3, 0.4) is 0 Å². The molecule has 120 valence electrons. The van der Waals surface area contributed by atoms with Crippen LogP contribution in [0.25, 0.3) is 21.6 Å². The number of aromatic nitrogens is 5. The lowest BCUT2D eigenvalue weighted by Crippen LogP contribution is -1.98. The average molecular weight is 337 g/mol. The van der Waals surface area contributed by atoms with E-state index in [0.717, 1.165) is 21.8 Å². The lowest BCUT2D eigenvalue weighted by atomic mass is 10.2. The van der Waals surface area contributed by atoms with Gasteiger partial charge in [0.2, 0.25) is 5.82 Å². The number of benzene rings is 2. The Morgan fingerprint density at radius 3 is 2.67 bits per heavy atom. The summed E-state index contributed by atoms with van der Waals surface area (Å²) in [6.45, 7) is 3.14. The second-order valence-electron chi connectivity index (χ2n) is 5.19. The average Bonchev–Trinajstić information content (AvgIpc) is 3.26. The topological polar surface area (TPSA) is 65.7 Å². The first-order valence-corrected chi connectivity index (χ1v) is 8.49. The summed E-state index contributed by atoms with van der Waals surface area (Å²) in [6, 6.07) is 15.8. The molecule has 0 amide bonds. The molecule has 2 heterocycles. The van der Waals surface area contributed by atoms with Crippen LogP contribution in [-0.2, 0) is 13.2 Å². The molecule has 0 N–H and O–H groups in total. The van der Waals surface area contributed by atoms with Crippen LogP contribution in [-0.4, -0.2) is 25.2 Å². The molecule has 0 aliphatic carbocycles. The van der Waals surface area contributed by atoms with Gasteiger partial charge in [-0.05, 0) is 48.5 Å². The van der Waals surface area contributed by atoms with Crippen molar-refractivity contribution in [2.45, 2.75) is 20.1 Å². The summed E-state index contributed by atoms with van der Waals surface area (Å²) < 4.78 is 7.00. The van der Waals surface area contributed by atoms with Crippen molar-refractivity contribution in [1.82, 2.24) is 25.2 Å². The molecular formula is C17H15N5OS. The van der Waals surface area contributed by atoms with Crippen LogP contribution in [0.15, 0.2) is 48.5 Å². The van der Waals surface area contributed by atoms with Crippen molar-refractivity contribution in [3.63, 3.8) is 0 Å². The number of hydrogen-bond donors (Lipinski definition) is 0. The maximum absolute atomic E-state index is 5.83. The minimum atomic E-state index is 0.461. The molecular weight excluding hydrogens is 322 g/mol. The Morgan fingerprint density at radius 2 is 1.92 bits per heavy atom. The van der Waals surface area contributed by atoms with E-state index in [0.29, 0.717) is 19.0 Å². The third-order valence-electron chi connectivity index (χ3n) is 3.55. The molecule has 0 aliphatic rings. The van der Waals surface area contributed by atoms with Crippen molar-refractivity contribution in [2.75, 3.05) is 0 Å². The highest BCUT2D eigenvalue weighted by atomic mass is 32.1. The molecule has 4 aromatic rings. The molecule has 0 bridgehead atoms. The van der Waals surface area contributed by atoms with Gasteiger partial charge in [0.25, 0.3) is 0 Å². The molecule has 2 aromatic heterocycles. The number of para-hydroxylation sites is 1. The number of aryl methyl sites for hydroxylation is 1. The smallest absolute Gasteiger partial charge is 0.204 e. The van der Waals surface area contributed by atoms with Crippen molar-refractivity contribution in [1.29, 1.82) is 0 Å². The number of fused-ring (bicyclic) bond motifs is 1. The van der Waals surface area contributed by atoms with E-state index in [1.807, 2.05) is 49.4 Å². The fourth-order valence-corrected chi connectivity index (χ4v) is 3.20. The van der Waals surface area contributed by atoms with Gasteiger partial charge in [-0.25, -0.2) is 4.98 Å². The highest BCUT2D eigenvalue weighted by Gasteiger charge is 2.07. The van der Waals surface area contributed by atoms with Crippen LogP contribution in [0.4, 0.5) is 0 Å². The molecule has 0 saturated carbocycles. The summed E-state index contributed by atoms with van der Waals surface area (Å²) in [5, 5.41) is 13.3. The minimum absolute atomic E-state index is 0.461. The van der Waals surface area contributed by atoms with Crippen molar-refractivity contribution in [3.8, 4) is 17.1 Å². The maximum Gasteiger partial charge on any atom is 0.204 e. The third-order valence-corrected chi connectivity index (χ3v) is 4.56. The predicted molar refractivity (Wildman–Crippen MR) is 92.9 cm³/mol. The van der Waals surface area contributed by atoms with Gasteiger partial charge in [0.15, 0.2) is 0 Å². The molecule has 0 aliphatic heterocycles. The molecule has 4 rings (SSSR count). The molecule has 0 fully saturated rings. The van der Waals surface area contributed by atoms with Crippen LogP contribution >= 0.6 is 11.3 Å². The number of hydrogen-bond acceptors (Lipinski definition) is 6. The Bertz CT molecular complexity index is 927. The largest absolute Gasteiger partial charge is 0.486 e. The SMILES string of the molecule is CCn1nnc(-c2ccc(OCc3nc4ccccc4s3)cc2)n1. The Hall–Kier alpha value is -2.80. The van der Waals surface area contributed by atoms with E-state index in [1.165, 1.54) is 4.70 Å². The summed E-state index contributed by atoms with van der Waals surface area (Å²) in [5.41, 5.74) is 1.93. The number of ether oxygens (including phenoxy) is 1. The predicted octanol–water partition coefficient (Wildman–Crippen LogP) is 3.55. The van der Waals surface area contributed by atoms with Crippen LogP contribution in [0.2, 0.25) is 0 Å². The van der Waals surface area contributed by atoms with Gasteiger partial charge in [0.05, 0.1) is 16.8 Å². The quantitative estimate of drug-likeness (QED) is 0.557. The van der Waals surface area contributed by atoms with Crippen molar-refractivity contribution in [3.05, 3.63) is 53.5 Å². The highest BCUT2D eigenvalue weighted by Crippen LogP contribution is 2.24. The maximum atomic E-state index is 5.83. The van der Waals surface area contributed by atoms with Gasteiger partial charge in [-0.3, -0.25) is 0 Å². The van der Waals surface area contributed by atoms with Gasteiger partial charge in [0.1, 0.15) is 17.4 Å². The zero-order valence-electron chi connectivity index (χ0n) is 13.1. The Morgan fingerprint density at radius 1 is 1.08 bits per heavy atom. The van der Waals surface area contributed by atoms with Crippen LogP contribution < -0.4 is 4.74 Å². The molecule has 6 nitrogen and oxygen atoms in total. The molecule has 0 radical (unpaired) electrons. The van der Waals surface area contributed by atoms with Crippen molar-refractivity contribution >= 4 is 21.6 Å². The molecule has 0 saturated heterocycles. The first kappa shape index (κ1) is 14.8. The molecule has 7 heteroatoms. The second kappa shape index (κ2) is 6.37. The van der Waals surface area contributed by atoms with E-state index < -0.39 is 0 Å². The zero-order valence-corrected chi connectivity index (χ0v) is 13.9. The Balaban J connectivity index is 1.45. The van der Waals surface area contributed by atoms with E-state index in [4.69, 9.17) is 4.74 Å². The van der Waals surface area contributed by atoms with Crippen LogP contribution in [0, 0.1) is 0 Å². The third kappa shape index (κ3) is 2.98. The van der Waals surface area contributed by atoms with Gasteiger partial charge >= 0.3 is 0 Å². The molecule has 0 spiro atoms. The van der Waals surface area contributed by atoms with Crippen LogP contribution in [0.5, 0.6) is 5.75 Å². The van der Waals surface area contributed by atoms with E-state index in [-0.39, 0.29) is 0 Å². The summed E-state index contributed by atoms with van der Waals surface area (Å²) in [7, 11) is 0. The van der Waals surface area contributed by atoms with Gasteiger partial charge in [-0.15, -0.1) is 21.5 Å². The van der Waals surface area contributed by atoms with Gasteiger partial charge < -0.3 is 4.74 Å². The van der Waals surface area contributed by atoms with Gasteiger partial charge in [-0.1, -0.05) is 12.1 Å². The summed E-state index contributed by atoms with van der Waals surface area (Å²) >= 11 is 1.65. The van der Waals surface area contributed by atoms with Crippen LogP contribution in [0.1, 0.15) is 11.9 Å². The van der Waals surface area contributed by atoms with E-state index in [2.05, 4.69) is 26.5 Å². The molecule has 2 aromatic carbocycles. The number of rotatable bonds is 5.